The molecule has 0 aliphatic heterocycles. The Balaban J connectivity index is 1.51. The van der Waals surface area contributed by atoms with Crippen LogP contribution in [0.25, 0.3) is 0 Å². The Morgan fingerprint density at radius 2 is 2.00 bits per heavy atom. The minimum Gasteiger partial charge on any atom is -0.508 e. The highest BCUT2D eigenvalue weighted by atomic mass is 16.5. The lowest BCUT2D eigenvalue weighted by Gasteiger charge is -2.49. The number of hydrogen-bond donors (Lipinski definition) is 1. The van der Waals surface area contributed by atoms with Gasteiger partial charge in [0, 0.05) is 0 Å². The van der Waals surface area contributed by atoms with Gasteiger partial charge in [0.25, 0.3) is 0 Å². The third kappa shape index (κ3) is 3.31. The van der Waals surface area contributed by atoms with Gasteiger partial charge >= 0.3 is 0 Å². The lowest BCUT2D eigenvalue weighted by Crippen LogP contribution is -2.41. The molecule has 3 aliphatic rings. The molecule has 0 radical (unpaired) electrons. The summed E-state index contributed by atoms with van der Waals surface area (Å²) in [6.45, 7) is 7.50. The van der Waals surface area contributed by atoms with E-state index >= 15 is 0 Å². The van der Waals surface area contributed by atoms with Gasteiger partial charge in [0.1, 0.15) is 11.5 Å². The Morgan fingerprint density at radius 1 is 1.21 bits per heavy atom. The van der Waals surface area contributed by atoms with Crippen molar-refractivity contribution in [1.82, 2.24) is 4.90 Å². The molecular weight excluding hydrogens is 346 g/mol. The summed E-state index contributed by atoms with van der Waals surface area (Å²) in [6.07, 6.45) is 9.92. The highest BCUT2D eigenvalue weighted by Crippen LogP contribution is 2.62. The Labute approximate surface area is 170 Å². The van der Waals surface area contributed by atoms with Crippen LogP contribution in [0.3, 0.4) is 0 Å². The average Bonchev–Trinajstić information content (AvgIpc) is 2.97. The van der Waals surface area contributed by atoms with Crippen molar-refractivity contribution < 1.29 is 9.84 Å². The number of nitrogens with zero attached hydrogens (tertiary/aromatic N) is 1. The molecule has 0 heterocycles. The number of ether oxygens (including phenoxy) is 1. The van der Waals surface area contributed by atoms with Gasteiger partial charge in [0.2, 0.25) is 0 Å². The van der Waals surface area contributed by atoms with Crippen LogP contribution in [0.15, 0.2) is 29.8 Å². The van der Waals surface area contributed by atoms with Crippen LogP contribution >= 0.6 is 0 Å². The van der Waals surface area contributed by atoms with E-state index in [1.54, 1.807) is 5.57 Å². The highest BCUT2D eigenvalue weighted by Gasteiger charge is 2.52. The molecule has 0 amide bonds. The van der Waals surface area contributed by atoms with Crippen molar-refractivity contribution in [3.63, 3.8) is 0 Å². The van der Waals surface area contributed by atoms with Gasteiger partial charge in [0.15, 0.2) is 0 Å². The van der Waals surface area contributed by atoms with Crippen molar-refractivity contribution in [1.29, 1.82) is 0 Å². The van der Waals surface area contributed by atoms with Crippen LogP contribution in [0.5, 0.6) is 5.75 Å². The molecule has 154 valence electrons. The second kappa shape index (κ2) is 7.18. The van der Waals surface area contributed by atoms with Gasteiger partial charge in [-0.3, -0.25) is 4.90 Å². The lowest BCUT2D eigenvalue weighted by molar-refractivity contribution is -0.0999. The summed E-state index contributed by atoms with van der Waals surface area (Å²) in [5.41, 5.74) is 4.66. The fourth-order valence-corrected chi connectivity index (χ4v) is 6.23. The van der Waals surface area contributed by atoms with Crippen molar-refractivity contribution in [3.05, 3.63) is 41.0 Å². The minimum absolute atomic E-state index is 0.230. The summed E-state index contributed by atoms with van der Waals surface area (Å²) in [7, 11) is 4.14. The van der Waals surface area contributed by atoms with Crippen LogP contribution in [0.4, 0.5) is 0 Å². The van der Waals surface area contributed by atoms with Gasteiger partial charge in [-0.25, -0.2) is 0 Å². The van der Waals surface area contributed by atoms with Crippen molar-refractivity contribution in [2.24, 2.45) is 17.3 Å². The standard InChI is InChI=1S/C25H37NO2/c1-24(2,26(4)5)28-15-13-18-7-11-23-22-9-6-17-16-19(27)8-10-20(17)21(22)12-14-25(18,23)3/h8,10,13,16,21-23,27H,6-7,9,11-12,14-15H2,1-5H3/t21-,22-,23+,25-/m1/s1. The zero-order chi connectivity index (χ0) is 20.1. The number of phenolic OH excluding ortho intramolecular Hbond substituents is 1. The predicted octanol–water partition coefficient (Wildman–Crippen LogP) is 5.49. The number of aryl methyl sites for hydroxylation is 1. The van der Waals surface area contributed by atoms with E-state index in [2.05, 4.69) is 51.9 Å². The molecule has 0 spiro atoms. The maximum absolute atomic E-state index is 9.86. The molecular formula is C25H37NO2. The molecule has 1 aromatic carbocycles. The number of aromatic hydroxyl groups is 1. The Bertz CT molecular complexity index is 766. The van der Waals surface area contributed by atoms with Crippen molar-refractivity contribution in [2.75, 3.05) is 20.7 Å². The van der Waals surface area contributed by atoms with Crippen LogP contribution in [0, 0.1) is 17.3 Å². The first kappa shape index (κ1) is 20.0. The summed E-state index contributed by atoms with van der Waals surface area (Å²) < 4.78 is 6.17. The number of fused-ring (bicyclic) bond motifs is 5. The van der Waals surface area contributed by atoms with Crippen LogP contribution in [-0.4, -0.2) is 36.4 Å². The summed E-state index contributed by atoms with van der Waals surface area (Å²) in [6, 6.07) is 6.09. The first-order valence-corrected chi connectivity index (χ1v) is 11.0. The maximum atomic E-state index is 9.86. The van der Waals surface area contributed by atoms with E-state index in [1.807, 2.05) is 12.1 Å². The zero-order valence-electron chi connectivity index (χ0n) is 18.3. The van der Waals surface area contributed by atoms with Gasteiger partial charge in [-0.1, -0.05) is 24.6 Å². The summed E-state index contributed by atoms with van der Waals surface area (Å²) in [5.74, 6) is 2.69. The smallest absolute Gasteiger partial charge is 0.115 e. The normalized spacial score (nSPS) is 33.6. The van der Waals surface area contributed by atoms with Crippen LogP contribution < -0.4 is 0 Å². The predicted molar refractivity (Wildman–Crippen MR) is 115 cm³/mol. The second-order valence-electron chi connectivity index (χ2n) is 10.2. The van der Waals surface area contributed by atoms with E-state index in [4.69, 9.17) is 4.74 Å². The molecule has 4 atom stereocenters. The van der Waals surface area contributed by atoms with Crippen LogP contribution in [0.2, 0.25) is 0 Å². The lowest BCUT2D eigenvalue weighted by atomic mass is 9.55. The SMILES string of the molecule is CN(C)C(C)(C)OCC=C1CC[C@H]2[C@@H]3CCc4cc(O)ccc4[C@H]3CC[C@]12C. The van der Waals surface area contributed by atoms with Crippen LogP contribution in [-0.2, 0) is 11.2 Å². The molecule has 2 saturated carbocycles. The van der Waals surface area contributed by atoms with Crippen LogP contribution in [0.1, 0.15) is 69.9 Å². The van der Waals surface area contributed by atoms with E-state index in [-0.39, 0.29) is 5.72 Å². The molecule has 3 nitrogen and oxygen atoms in total. The molecule has 28 heavy (non-hydrogen) atoms. The molecule has 0 unspecified atom stereocenters. The number of benzene rings is 1. The van der Waals surface area contributed by atoms with Gasteiger partial charge in [-0.05, 0) is 113 Å². The number of rotatable bonds is 4. The molecule has 0 aromatic heterocycles. The number of hydrogen-bond acceptors (Lipinski definition) is 3. The third-order valence-corrected chi connectivity index (χ3v) is 8.40. The molecule has 3 heteroatoms. The zero-order valence-corrected chi connectivity index (χ0v) is 18.3. The van der Waals surface area contributed by atoms with Crippen molar-refractivity contribution in [2.45, 2.75) is 70.9 Å². The fourth-order valence-electron chi connectivity index (χ4n) is 6.23. The Hall–Kier alpha value is -1.32. The number of phenols is 1. The summed E-state index contributed by atoms with van der Waals surface area (Å²) in [5, 5.41) is 9.86. The largest absolute Gasteiger partial charge is 0.508 e. The Kier molecular flexibility index (Phi) is 5.12. The highest BCUT2D eigenvalue weighted by molar-refractivity contribution is 5.40. The van der Waals surface area contributed by atoms with E-state index in [0.717, 1.165) is 18.3 Å². The van der Waals surface area contributed by atoms with E-state index < -0.39 is 0 Å². The molecule has 0 saturated heterocycles. The minimum atomic E-state index is -0.230. The molecule has 4 rings (SSSR count). The van der Waals surface area contributed by atoms with Gasteiger partial charge in [-0.2, -0.15) is 0 Å². The topological polar surface area (TPSA) is 32.7 Å². The first-order valence-electron chi connectivity index (χ1n) is 11.0. The average molecular weight is 384 g/mol. The van der Waals surface area contributed by atoms with Gasteiger partial charge < -0.3 is 9.84 Å². The third-order valence-electron chi connectivity index (χ3n) is 8.40. The number of allylic oxidation sites excluding steroid dienone is 1. The molecule has 0 bridgehead atoms. The first-order chi connectivity index (χ1) is 13.2. The molecule has 1 N–H and O–H groups in total. The van der Waals surface area contributed by atoms with Crippen molar-refractivity contribution >= 4 is 0 Å². The van der Waals surface area contributed by atoms with E-state index in [0.29, 0.717) is 23.7 Å². The maximum Gasteiger partial charge on any atom is 0.115 e. The Morgan fingerprint density at radius 3 is 2.75 bits per heavy atom. The van der Waals surface area contributed by atoms with Gasteiger partial charge in [0.05, 0.1) is 6.61 Å². The van der Waals surface area contributed by atoms with E-state index in [1.165, 1.54) is 43.2 Å². The van der Waals surface area contributed by atoms with E-state index in [9.17, 15) is 5.11 Å². The second-order valence-corrected chi connectivity index (χ2v) is 10.2. The quantitative estimate of drug-likeness (QED) is 0.551. The molecule has 3 aliphatic carbocycles. The molecule has 1 aromatic rings. The fraction of sp³-hybridized carbons (Fsp3) is 0.680. The molecule has 2 fully saturated rings. The monoisotopic (exact) mass is 383 g/mol. The van der Waals surface area contributed by atoms with Crippen molar-refractivity contribution in [3.8, 4) is 5.75 Å². The summed E-state index contributed by atoms with van der Waals surface area (Å²) in [4.78, 5) is 2.13. The van der Waals surface area contributed by atoms with Gasteiger partial charge in [-0.15, -0.1) is 0 Å². The summed E-state index contributed by atoms with van der Waals surface area (Å²) >= 11 is 0.